The molecule has 2 aromatic rings. The second-order valence-corrected chi connectivity index (χ2v) is 4.90. The first-order chi connectivity index (χ1) is 9.36. The molecule has 0 atom stereocenters. The second kappa shape index (κ2) is 7.74. The molecule has 0 unspecified atom stereocenters. The van der Waals surface area contributed by atoms with Crippen LogP contribution in [0.2, 0.25) is 0 Å². The van der Waals surface area contributed by atoms with E-state index in [9.17, 15) is 0 Å². The fourth-order valence-electron chi connectivity index (χ4n) is 2.19. The Labute approximate surface area is 115 Å². The molecule has 1 aromatic heterocycles. The van der Waals surface area contributed by atoms with E-state index >= 15 is 0 Å². The van der Waals surface area contributed by atoms with Crippen molar-refractivity contribution in [2.45, 2.75) is 25.7 Å². The number of unbranched alkanes of at least 4 members (excludes halogenated alkanes) is 1. The Morgan fingerprint density at radius 3 is 2.63 bits per heavy atom. The number of nitrogens with zero attached hydrogens (tertiary/aromatic N) is 2. The summed E-state index contributed by atoms with van der Waals surface area (Å²) < 4.78 is 2.08. The molecule has 0 saturated carbocycles. The monoisotopic (exact) mass is 257 g/mol. The molecular formula is C16H23N3. The van der Waals surface area contributed by atoms with Crippen LogP contribution in [-0.4, -0.2) is 22.6 Å². The molecule has 1 aromatic carbocycles. The summed E-state index contributed by atoms with van der Waals surface area (Å²) in [6, 6.07) is 10.7. The van der Waals surface area contributed by atoms with Crippen LogP contribution < -0.4 is 5.32 Å². The van der Waals surface area contributed by atoms with Gasteiger partial charge < -0.3 is 9.88 Å². The first-order valence-electron chi connectivity index (χ1n) is 7.07. The highest BCUT2D eigenvalue weighted by molar-refractivity contribution is 5.14. The van der Waals surface area contributed by atoms with Gasteiger partial charge in [0.2, 0.25) is 0 Å². The maximum absolute atomic E-state index is 4.31. The lowest BCUT2D eigenvalue weighted by atomic mass is 10.1. The Kier molecular flexibility index (Phi) is 5.63. The van der Waals surface area contributed by atoms with E-state index in [1.54, 1.807) is 0 Å². The molecule has 3 heteroatoms. The number of nitrogens with one attached hydrogen (secondary N) is 1. The van der Waals surface area contributed by atoms with Crippen LogP contribution in [0.25, 0.3) is 0 Å². The number of hydrogen-bond acceptors (Lipinski definition) is 2. The van der Waals surface area contributed by atoms with Crippen molar-refractivity contribution in [3.63, 3.8) is 0 Å². The van der Waals surface area contributed by atoms with Crippen molar-refractivity contribution in [3.8, 4) is 0 Å². The predicted molar refractivity (Wildman–Crippen MR) is 79.2 cm³/mol. The van der Waals surface area contributed by atoms with Crippen molar-refractivity contribution < 1.29 is 0 Å². The molecule has 0 saturated heterocycles. The number of hydrogen-bond donors (Lipinski definition) is 1. The zero-order chi connectivity index (χ0) is 13.3. The maximum atomic E-state index is 4.31. The van der Waals surface area contributed by atoms with Crippen molar-refractivity contribution in [1.82, 2.24) is 14.9 Å². The summed E-state index contributed by atoms with van der Waals surface area (Å²) in [6.07, 6.45) is 8.52. The van der Waals surface area contributed by atoms with E-state index in [1.165, 1.54) is 24.8 Å². The fourth-order valence-corrected chi connectivity index (χ4v) is 2.19. The van der Waals surface area contributed by atoms with E-state index in [2.05, 4.69) is 45.2 Å². The summed E-state index contributed by atoms with van der Waals surface area (Å²) >= 11 is 0. The van der Waals surface area contributed by atoms with Crippen LogP contribution in [0.4, 0.5) is 0 Å². The van der Waals surface area contributed by atoms with Gasteiger partial charge in [0.15, 0.2) is 0 Å². The van der Waals surface area contributed by atoms with Gasteiger partial charge in [0.05, 0.1) is 0 Å². The summed E-state index contributed by atoms with van der Waals surface area (Å²) in [5.41, 5.74) is 1.44. The Balaban J connectivity index is 1.50. The topological polar surface area (TPSA) is 29.9 Å². The SMILES string of the molecule is Cn1ccnc1CCNCCCCc1ccccc1. The lowest BCUT2D eigenvalue weighted by Gasteiger charge is -2.05. The van der Waals surface area contributed by atoms with Gasteiger partial charge in [-0.3, -0.25) is 0 Å². The molecule has 0 bridgehead atoms. The highest BCUT2D eigenvalue weighted by Crippen LogP contribution is 2.03. The minimum Gasteiger partial charge on any atom is -0.338 e. The van der Waals surface area contributed by atoms with Gasteiger partial charge in [-0.1, -0.05) is 30.3 Å². The van der Waals surface area contributed by atoms with Gasteiger partial charge >= 0.3 is 0 Å². The molecule has 19 heavy (non-hydrogen) atoms. The molecule has 1 N–H and O–H groups in total. The minimum atomic E-state index is 1.00. The van der Waals surface area contributed by atoms with Crippen molar-refractivity contribution in [2.24, 2.45) is 7.05 Å². The fraction of sp³-hybridized carbons (Fsp3) is 0.438. The van der Waals surface area contributed by atoms with E-state index in [-0.39, 0.29) is 0 Å². The van der Waals surface area contributed by atoms with Gasteiger partial charge in [-0.2, -0.15) is 0 Å². The predicted octanol–water partition coefficient (Wildman–Crippen LogP) is 2.58. The molecule has 0 amide bonds. The molecule has 0 aliphatic rings. The highest BCUT2D eigenvalue weighted by Gasteiger charge is 1.98. The van der Waals surface area contributed by atoms with E-state index in [0.29, 0.717) is 0 Å². The number of aryl methyl sites for hydroxylation is 2. The summed E-state index contributed by atoms with van der Waals surface area (Å²) in [6.45, 7) is 2.10. The van der Waals surface area contributed by atoms with E-state index < -0.39 is 0 Å². The van der Waals surface area contributed by atoms with Gasteiger partial charge in [0.25, 0.3) is 0 Å². The van der Waals surface area contributed by atoms with E-state index in [1.807, 2.05) is 19.4 Å². The molecule has 0 aliphatic heterocycles. The Morgan fingerprint density at radius 2 is 1.89 bits per heavy atom. The molecule has 2 rings (SSSR count). The molecule has 0 fully saturated rings. The average molecular weight is 257 g/mol. The highest BCUT2D eigenvalue weighted by atomic mass is 15.0. The summed E-state index contributed by atoms with van der Waals surface area (Å²) in [5, 5.41) is 3.48. The Morgan fingerprint density at radius 1 is 1.05 bits per heavy atom. The van der Waals surface area contributed by atoms with Gasteiger partial charge in [-0.05, 0) is 31.4 Å². The molecule has 1 heterocycles. The third kappa shape index (κ3) is 4.87. The third-order valence-corrected chi connectivity index (χ3v) is 3.36. The lowest BCUT2D eigenvalue weighted by molar-refractivity contribution is 0.609. The quantitative estimate of drug-likeness (QED) is 0.737. The lowest BCUT2D eigenvalue weighted by Crippen LogP contribution is -2.19. The number of benzene rings is 1. The zero-order valence-corrected chi connectivity index (χ0v) is 11.7. The van der Waals surface area contributed by atoms with Crippen molar-refractivity contribution >= 4 is 0 Å². The Bertz CT molecular complexity index is 462. The third-order valence-electron chi connectivity index (χ3n) is 3.36. The first kappa shape index (κ1) is 13.8. The molecule has 0 radical (unpaired) electrons. The molecule has 3 nitrogen and oxygen atoms in total. The van der Waals surface area contributed by atoms with Crippen molar-refractivity contribution in [1.29, 1.82) is 0 Å². The second-order valence-electron chi connectivity index (χ2n) is 4.90. The zero-order valence-electron chi connectivity index (χ0n) is 11.7. The first-order valence-corrected chi connectivity index (χ1v) is 7.07. The van der Waals surface area contributed by atoms with Crippen LogP contribution in [0.3, 0.4) is 0 Å². The molecular weight excluding hydrogens is 234 g/mol. The van der Waals surface area contributed by atoms with Crippen LogP contribution in [0.5, 0.6) is 0 Å². The van der Waals surface area contributed by atoms with Gasteiger partial charge in [0.1, 0.15) is 5.82 Å². The number of aromatic nitrogens is 2. The van der Waals surface area contributed by atoms with Gasteiger partial charge in [-0.15, -0.1) is 0 Å². The summed E-state index contributed by atoms with van der Waals surface area (Å²) in [4.78, 5) is 4.31. The van der Waals surface area contributed by atoms with Crippen LogP contribution in [0, 0.1) is 0 Å². The molecule has 0 aliphatic carbocycles. The summed E-state index contributed by atoms with van der Waals surface area (Å²) in [5.74, 6) is 1.15. The number of rotatable bonds is 8. The molecule has 102 valence electrons. The normalized spacial score (nSPS) is 10.8. The van der Waals surface area contributed by atoms with Crippen molar-refractivity contribution in [3.05, 3.63) is 54.1 Å². The maximum Gasteiger partial charge on any atom is 0.109 e. The summed E-state index contributed by atoms with van der Waals surface area (Å²) in [7, 11) is 2.04. The van der Waals surface area contributed by atoms with Crippen LogP contribution >= 0.6 is 0 Å². The average Bonchev–Trinajstić information content (AvgIpc) is 2.84. The number of imidazole rings is 1. The Hall–Kier alpha value is -1.61. The van der Waals surface area contributed by atoms with E-state index in [0.717, 1.165) is 25.3 Å². The van der Waals surface area contributed by atoms with Crippen LogP contribution in [0.15, 0.2) is 42.7 Å². The van der Waals surface area contributed by atoms with E-state index in [4.69, 9.17) is 0 Å². The minimum absolute atomic E-state index is 1.00. The smallest absolute Gasteiger partial charge is 0.109 e. The largest absolute Gasteiger partial charge is 0.338 e. The molecule has 0 spiro atoms. The van der Waals surface area contributed by atoms with Gasteiger partial charge in [-0.25, -0.2) is 4.98 Å². The van der Waals surface area contributed by atoms with Gasteiger partial charge in [0, 0.05) is 32.4 Å². The van der Waals surface area contributed by atoms with Crippen molar-refractivity contribution in [2.75, 3.05) is 13.1 Å². The standard InChI is InChI=1S/C16H23N3/c1-19-14-13-18-16(19)10-12-17-11-6-5-9-15-7-3-2-4-8-15/h2-4,7-8,13-14,17H,5-6,9-12H2,1H3. The van der Waals surface area contributed by atoms with Crippen LogP contribution in [0.1, 0.15) is 24.2 Å². The van der Waals surface area contributed by atoms with Crippen LogP contribution in [-0.2, 0) is 19.9 Å².